The maximum absolute atomic E-state index is 13.4. The third-order valence-electron chi connectivity index (χ3n) is 5.05. The van der Waals surface area contributed by atoms with Crippen molar-refractivity contribution in [3.05, 3.63) is 53.4 Å². The quantitative estimate of drug-likeness (QED) is 0.566. The second-order valence-corrected chi connectivity index (χ2v) is 8.81. The summed E-state index contributed by atoms with van der Waals surface area (Å²) in [7, 11) is -1.62. The van der Waals surface area contributed by atoms with Gasteiger partial charge in [0, 0.05) is 36.6 Å². The van der Waals surface area contributed by atoms with Crippen molar-refractivity contribution < 1.29 is 18.1 Å². The van der Waals surface area contributed by atoms with Crippen molar-refractivity contribution in [3.63, 3.8) is 0 Å². The van der Waals surface area contributed by atoms with Gasteiger partial charge in [-0.25, -0.2) is 22.5 Å². The first-order valence-electron chi connectivity index (χ1n) is 8.97. The lowest BCUT2D eigenvalue weighted by Crippen LogP contribution is -2.36. The number of aryl methyl sites for hydroxylation is 1. The molecule has 2 aromatic rings. The number of hydrogen-bond donors (Lipinski definition) is 4. The van der Waals surface area contributed by atoms with Gasteiger partial charge in [-0.3, -0.25) is 0 Å². The van der Waals surface area contributed by atoms with Crippen LogP contribution in [0.2, 0.25) is 0 Å². The van der Waals surface area contributed by atoms with Gasteiger partial charge in [-0.05, 0) is 18.1 Å². The van der Waals surface area contributed by atoms with Gasteiger partial charge in [-0.2, -0.15) is 0 Å². The van der Waals surface area contributed by atoms with Crippen molar-refractivity contribution in [2.75, 3.05) is 5.32 Å². The Morgan fingerprint density at radius 3 is 2.75 bits per heavy atom. The molecule has 152 valence electrons. The molecule has 2 heterocycles. The Bertz CT molecular complexity index is 1020. The van der Waals surface area contributed by atoms with E-state index in [0.29, 0.717) is 11.3 Å². The summed E-state index contributed by atoms with van der Waals surface area (Å²) in [4.78, 5) is 0.276. The molecule has 4 atom stereocenters. The molecule has 6 nitrogen and oxygen atoms in total. The zero-order valence-electron chi connectivity index (χ0n) is 15.9. The predicted octanol–water partition coefficient (Wildman–Crippen LogP) is 3.76. The number of aromatic nitrogens is 1. The first-order chi connectivity index (χ1) is 13.1. The van der Waals surface area contributed by atoms with E-state index in [0.717, 1.165) is 18.6 Å². The number of hydrogen-bond acceptors (Lipinski definition) is 4. The molecule has 0 fully saturated rings. The Balaban J connectivity index is 2.00. The summed E-state index contributed by atoms with van der Waals surface area (Å²) < 4.78 is 52.4. The molecule has 3 rings (SSSR count). The van der Waals surface area contributed by atoms with Crippen LogP contribution in [0, 0.1) is 22.3 Å². The van der Waals surface area contributed by atoms with E-state index in [9.17, 15) is 18.1 Å². The van der Waals surface area contributed by atoms with Gasteiger partial charge < -0.3 is 15.0 Å². The molecule has 0 saturated carbocycles. The zero-order chi connectivity index (χ0) is 20.6. The largest absolute Gasteiger partial charge is 0.368 e. The standard InChI is InChI=1S/C19H24F2N4O2S/c1-4-11(2)16-8-6-13-17(28(22,27)24-16)10-25(3)18(13)19(26)23-12-5-7-14(20)15(21)9-12/h5-11,16,19,23,26H,4H2,1-3H3,(H2,22,24,27)/t11-,16+,19?,28?/m0/s1. The number of halogens is 2. The fourth-order valence-corrected chi connectivity index (χ4v) is 4.84. The Hall–Kier alpha value is -2.23. The molecule has 1 aromatic carbocycles. The van der Waals surface area contributed by atoms with Crippen LogP contribution in [-0.2, 0) is 17.0 Å². The summed E-state index contributed by atoms with van der Waals surface area (Å²) in [5.41, 5.74) is 1.05. The summed E-state index contributed by atoms with van der Waals surface area (Å²) in [6, 6.07) is 2.99. The first kappa shape index (κ1) is 20.5. The highest BCUT2D eigenvalue weighted by atomic mass is 32.2. The summed E-state index contributed by atoms with van der Waals surface area (Å²) in [6.07, 6.45) is 4.72. The van der Waals surface area contributed by atoms with Crippen LogP contribution in [-0.4, -0.2) is 19.9 Å². The third kappa shape index (κ3) is 3.82. The maximum Gasteiger partial charge on any atom is 0.166 e. The van der Waals surface area contributed by atoms with Gasteiger partial charge in [0.2, 0.25) is 0 Å². The number of benzene rings is 1. The maximum atomic E-state index is 13.4. The Labute approximate surface area is 163 Å². The lowest BCUT2D eigenvalue weighted by Gasteiger charge is -2.20. The highest BCUT2D eigenvalue weighted by Crippen LogP contribution is 2.32. The number of rotatable bonds is 5. The van der Waals surface area contributed by atoms with Gasteiger partial charge in [-0.1, -0.05) is 32.4 Å². The fourth-order valence-electron chi connectivity index (χ4n) is 3.23. The van der Waals surface area contributed by atoms with Crippen LogP contribution in [0.4, 0.5) is 14.5 Å². The fraction of sp³-hybridized carbons (Fsp3) is 0.368. The third-order valence-corrected chi connectivity index (χ3v) is 6.60. The van der Waals surface area contributed by atoms with Gasteiger partial charge in [0.1, 0.15) is 9.92 Å². The van der Waals surface area contributed by atoms with Gasteiger partial charge >= 0.3 is 0 Å². The van der Waals surface area contributed by atoms with Crippen LogP contribution in [0.3, 0.4) is 0 Å². The van der Waals surface area contributed by atoms with E-state index in [4.69, 9.17) is 4.78 Å². The minimum atomic E-state index is -3.28. The summed E-state index contributed by atoms with van der Waals surface area (Å²) in [5.74, 6) is -1.83. The topological polar surface area (TPSA) is 90.1 Å². The molecule has 0 aliphatic carbocycles. The van der Waals surface area contributed by atoms with Crippen LogP contribution < -0.4 is 10.0 Å². The highest BCUT2D eigenvalue weighted by Gasteiger charge is 2.29. The predicted molar refractivity (Wildman–Crippen MR) is 105 cm³/mol. The molecular formula is C19H24F2N4O2S. The molecule has 0 bridgehead atoms. The van der Waals surface area contributed by atoms with Gasteiger partial charge in [0.15, 0.2) is 17.9 Å². The van der Waals surface area contributed by atoms with E-state index in [1.807, 2.05) is 19.9 Å². The smallest absolute Gasteiger partial charge is 0.166 e. The molecule has 1 aromatic heterocycles. The van der Waals surface area contributed by atoms with E-state index in [1.165, 1.54) is 6.07 Å². The molecular weight excluding hydrogens is 386 g/mol. The van der Waals surface area contributed by atoms with Crippen LogP contribution in [0.25, 0.3) is 6.08 Å². The Kier molecular flexibility index (Phi) is 5.60. The van der Waals surface area contributed by atoms with E-state index in [-0.39, 0.29) is 22.5 Å². The lowest BCUT2D eigenvalue weighted by molar-refractivity contribution is 0.199. The van der Waals surface area contributed by atoms with Crippen LogP contribution in [0.5, 0.6) is 0 Å². The van der Waals surface area contributed by atoms with Gasteiger partial charge in [-0.15, -0.1) is 0 Å². The van der Waals surface area contributed by atoms with E-state index in [1.54, 1.807) is 23.9 Å². The minimum Gasteiger partial charge on any atom is -0.368 e. The average molecular weight is 410 g/mol. The molecule has 0 spiro atoms. The molecule has 1 aliphatic heterocycles. The number of nitrogens with zero attached hydrogens (tertiary/aromatic N) is 1. The first-order valence-corrected chi connectivity index (χ1v) is 10.5. The highest BCUT2D eigenvalue weighted by molar-refractivity contribution is 7.90. The average Bonchev–Trinajstić information content (AvgIpc) is 2.92. The lowest BCUT2D eigenvalue weighted by atomic mass is 9.99. The SMILES string of the molecule is CC[C@H](C)[C@H]1C=Cc2c(cn(C)c2C(O)Nc2ccc(F)c(F)c2)S(=N)(=O)N1. The number of nitrogens with one attached hydrogen (secondary N) is 3. The number of anilines is 1. The molecule has 0 amide bonds. The normalized spacial score (nSPS) is 23.7. The summed E-state index contributed by atoms with van der Waals surface area (Å²) >= 11 is 0. The molecule has 9 heteroatoms. The van der Waals surface area contributed by atoms with Crippen molar-refractivity contribution in [2.45, 2.75) is 37.4 Å². The number of aliphatic hydroxyl groups is 1. The number of fused-ring (bicyclic) bond motifs is 1. The van der Waals surface area contributed by atoms with Gasteiger partial charge in [0.25, 0.3) is 0 Å². The summed E-state index contributed by atoms with van der Waals surface area (Å²) in [6.45, 7) is 4.03. The minimum absolute atomic E-state index is 0.175. The summed E-state index contributed by atoms with van der Waals surface area (Å²) in [5, 5.41) is 13.4. The molecule has 28 heavy (non-hydrogen) atoms. The zero-order valence-corrected chi connectivity index (χ0v) is 16.7. The van der Waals surface area contributed by atoms with E-state index >= 15 is 0 Å². The van der Waals surface area contributed by atoms with Crippen LogP contribution in [0.15, 0.2) is 35.4 Å². The van der Waals surface area contributed by atoms with E-state index < -0.39 is 27.8 Å². The molecule has 0 radical (unpaired) electrons. The van der Waals surface area contributed by atoms with Crippen molar-refractivity contribution in [2.24, 2.45) is 13.0 Å². The van der Waals surface area contributed by atoms with Crippen molar-refractivity contribution in [3.8, 4) is 0 Å². The second-order valence-electron chi connectivity index (χ2n) is 7.02. The van der Waals surface area contributed by atoms with Crippen LogP contribution in [0.1, 0.15) is 37.8 Å². The molecule has 1 aliphatic rings. The van der Waals surface area contributed by atoms with Crippen LogP contribution >= 0.6 is 0 Å². The van der Waals surface area contributed by atoms with Crippen molar-refractivity contribution in [1.82, 2.24) is 9.29 Å². The number of aliphatic hydroxyl groups excluding tert-OH is 1. The molecule has 0 saturated heterocycles. The Morgan fingerprint density at radius 2 is 2.11 bits per heavy atom. The molecule has 4 N–H and O–H groups in total. The van der Waals surface area contributed by atoms with Gasteiger partial charge in [0.05, 0.1) is 10.6 Å². The Morgan fingerprint density at radius 1 is 1.39 bits per heavy atom. The second kappa shape index (κ2) is 7.65. The van der Waals surface area contributed by atoms with Crippen molar-refractivity contribution >= 4 is 21.7 Å². The van der Waals surface area contributed by atoms with Crippen molar-refractivity contribution in [1.29, 1.82) is 4.78 Å². The monoisotopic (exact) mass is 410 g/mol. The molecule has 2 unspecified atom stereocenters. The van der Waals surface area contributed by atoms with E-state index in [2.05, 4.69) is 10.0 Å².